The van der Waals surface area contributed by atoms with E-state index in [1.165, 1.54) is 0 Å². The van der Waals surface area contributed by atoms with Crippen LogP contribution in [0, 0.1) is 0 Å². The third kappa shape index (κ3) is 7.79. The topological polar surface area (TPSA) is 94.6 Å². The highest BCUT2D eigenvalue weighted by atomic mass is 35.5. The number of Topliss-reactive ketones (excluding diaryl/α,β-unsaturated/α-hetero) is 1. The van der Waals surface area contributed by atoms with Gasteiger partial charge in [0.1, 0.15) is 12.4 Å². The van der Waals surface area contributed by atoms with Gasteiger partial charge in [-0.15, -0.1) is 0 Å². The number of carbonyl (C=O) groups excluding carboxylic acids is 1. The summed E-state index contributed by atoms with van der Waals surface area (Å²) in [6.07, 6.45) is 4.71. The Bertz CT molecular complexity index is 991. The number of hydrogen-bond donors (Lipinski definition) is 1. The van der Waals surface area contributed by atoms with E-state index in [4.69, 9.17) is 21.1 Å². The molecule has 9 heteroatoms. The van der Waals surface area contributed by atoms with Crippen molar-refractivity contribution >= 4 is 27.4 Å². The van der Waals surface area contributed by atoms with Gasteiger partial charge in [0.25, 0.3) is 0 Å². The van der Waals surface area contributed by atoms with Gasteiger partial charge in [-0.25, -0.2) is 18.1 Å². The van der Waals surface area contributed by atoms with Crippen molar-refractivity contribution in [3.05, 3.63) is 52.7 Å². The van der Waals surface area contributed by atoms with Crippen LogP contribution < -0.4 is 14.2 Å². The molecule has 1 heterocycles. The van der Waals surface area contributed by atoms with E-state index >= 15 is 0 Å². The van der Waals surface area contributed by atoms with Crippen molar-refractivity contribution in [2.24, 2.45) is 0 Å². The third-order valence-electron chi connectivity index (χ3n) is 4.78. The number of unbranched alkanes of at least 4 members (excludes halogenated alkanes) is 1. The van der Waals surface area contributed by atoms with Gasteiger partial charge < -0.3 is 9.47 Å². The predicted molar refractivity (Wildman–Crippen MR) is 122 cm³/mol. The van der Waals surface area contributed by atoms with Gasteiger partial charge in [0.2, 0.25) is 15.9 Å². The van der Waals surface area contributed by atoms with Gasteiger partial charge >= 0.3 is 0 Å². The average molecular weight is 469 g/mol. The Morgan fingerprint density at radius 3 is 2.45 bits per heavy atom. The molecule has 2 aromatic rings. The molecule has 0 amide bonds. The summed E-state index contributed by atoms with van der Waals surface area (Å²) in [4.78, 5) is 16.0. The Morgan fingerprint density at radius 1 is 1.16 bits per heavy atom. The van der Waals surface area contributed by atoms with Crippen LogP contribution >= 0.6 is 11.6 Å². The summed E-state index contributed by atoms with van der Waals surface area (Å²) in [6.45, 7) is 6.28. The number of halogens is 1. The maximum atomic E-state index is 11.7. The van der Waals surface area contributed by atoms with Crippen molar-refractivity contribution in [1.29, 1.82) is 0 Å². The lowest BCUT2D eigenvalue weighted by Gasteiger charge is -2.26. The Hall–Kier alpha value is -2.16. The fourth-order valence-electron chi connectivity index (χ4n) is 2.75. The Kier molecular flexibility index (Phi) is 8.85. The molecule has 0 aliphatic carbocycles. The highest BCUT2D eigenvalue weighted by Gasteiger charge is 2.24. The van der Waals surface area contributed by atoms with Gasteiger partial charge in [-0.05, 0) is 29.7 Å². The molecule has 0 radical (unpaired) electrons. The fourth-order valence-corrected chi connectivity index (χ4v) is 3.41. The summed E-state index contributed by atoms with van der Waals surface area (Å²) in [5.74, 6) is 0.559. The van der Waals surface area contributed by atoms with E-state index in [9.17, 15) is 13.2 Å². The summed E-state index contributed by atoms with van der Waals surface area (Å²) in [7, 11) is -3.42. The number of hydrogen-bond acceptors (Lipinski definition) is 6. The predicted octanol–water partition coefficient (Wildman–Crippen LogP) is 3.74. The molecule has 0 aliphatic rings. The van der Waals surface area contributed by atoms with Crippen LogP contribution in [0.5, 0.6) is 11.6 Å². The first kappa shape index (κ1) is 25.1. The Labute approximate surface area is 189 Å². The molecule has 170 valence electrons. The first-order valence-corrected chi connectivity index (χ1v) is 12.3. The van der Waals surface area contributed by atoms with Crippen molar-refractivity contribution in [3.8, 4) is 11.6 Å². The van der Waals surface area contributed by atoms with Crippen LogP contribution in [0.15, 0.2) is 36.5 Å². The smallest absolute Gasteiger partial charge is 0.213 e. The molecule has 0 saturated heterocycles. The van der Waals surface area contributed by atoms with Crippen molar-refractivity contribution in [2.75, 3.05) is 26.0 Å². The zero-order chi connectivity index (χ0) is 23.1. The summed E-state index contributed by atoms with van der Waals surface area (Å²) in [5.41, 5.74) is 1.59. The molecule has 1 aromatic carbocycles. The SMILES string of the molecule is CCCCOc1ccc(C(C)(C)c2ccc(OCC(=O)CNS(C)(=O)=O)nc2)cc1Cl. The number of carbonyl (C=O) groups is 1. The number of nitrogens with zero attached hydrogens (tertiary/aromatic N) is 1. The molecule has 1 aromatic heterocycles. The van der Waals surface area contributed by atoms with Crippen LogP contribution in [0.3, 0.4) is 0 Å². The minimum atomic E-state index is -3.42. The van der Waals surface area contributed by atoms with Crippen LogP contribution in [0.1, 0.15) is 44.7 Å². The second kappa shape index (κ2) is 10.9. The number of pyridine rings is 1. The Balaban J connectivity index is 2.02. The standard InChI is InChI=1S/C22H29ClN2O5S/c1-5-6-11-29-20-9-7-16(12-19(20)23)22(2,3)17-8-10-21(24-13-17)30-15-18(26)14-25-31(4,27)28/h7-10,12-13,25H,5-6,11,14-15H2,1-4H3. The van der Waals surface area contributed by atoms with Crippen LogP contribution in [-0.2, 0) is 20.2 Å². The maximum absolute atomic E-state index is 11.7. The minimum absolute atomic E-state index is 0.270. The van der Waals surface area contributed by atoms with E-state index in [1.54, 1.807) is 12.3 Å². The summed E-state index contributed by atoms with van der Waals surface area (Å²) in [5, 5.41) is 0.566. The first-order valence-electron chi connectivity index (χ1n) is 10.0. The van der Waals surface area contributed by atoms with E-state index in [0.717, 1.165) is 30.2 Å². The number of ketones is 1. The van der Waals surface area contributed by atoms with Gasteiger partial charge in [0, 0.05) is 17.7 Å². The molecule has 0 unspecified atom stereocenters. The molecule has 1 N–H and O–H groups in total. The molecule has 0 fully saturated rings. The van der Waals surface area contributed by atoms with Crippen molar-refractivity contribution in [3.63, 3.8) is 0 Å². The van der Waals surface area contributed by atoms with E-state index in [2.05, 4.69) is 30.5 Å². The van der Waals surface area contributed by atoms with E-state index in [0.29, 0.717) is 17.4 Å². The van der Waals surface area contributed by atoms with Crippen LogP contribution in [0.25, 0.3) is 0 Å². The molecule has 0 bridgehead atoms. The van der Waals surface area contributed by atoms with Gasteiger partial charge in [-0.3, -0.25) is 4.79 Å². The molecule has 7 nitrogen and oxygen atoms in total. The highest BCUT2D eigenvalue weighted by molar-refractivity contribution is 7.88. The largest absolute Gasteiger partial charge is 0.492 e. The van der Waals surface area contributed by atoms with Crippen molar-refractivity contribution in [2.45, 2.75) is 39.0 Å². The number of sulfonamides is 1. The Morgan fingerprint density at radius 2 is 1.87 bits per heavy atom. The number of rotatable bonds is 12. The van der Waals surface area contributed by atoms with Crippen LogP contribution in [-0.4, -0.2) is 45.2 Å². The summed E-state index contributed by atoms with van der Waals surface area (Å²) in [6, 6.07) is 9.33. The minimum Gasteiger partial charge on any atom is -0.492 e. The van der Waals surface area contributed by atoms with Crippen LogP contribution in [0.2, 0.25) is 5.02 Å². The lowest BCUT2D eigenvalue weighted by Crippen LogP contribution is -2.31. The zero-order valence-electron chi connectivity index (χ0n) is 18.3. The highest BCUT2D eigenvalue weighted by Crippen LogP contribution is 2.36. The van der Waals surface area contributed by atoms with Crippen molar-refractivity contribution < 1.29 is 22.7 Å². The summed E-state index contributed by atoms with van der Waals surface area (Å²) < 4.78 is 35.3. The lowest BCUT2D eigenvalue weighted by molar-refractivity contribution is -0.120. The van der Waals surface area contributed by atoms with Crippen LogP contribution in [0.4, 0.5) is 0 Å². The molecule has 2 rings (SSSR count). The molecular formula is C22H29ClN2O5S. The number of aromatic nitrogens is 1. The average Bonchev–Trinajstić information content (AvgIpc) is 2.71. The maximum Gasteiger partial charge on any atom is 0.213 e. The van der Waals surface area contributed by atoms with Crippen molar-refractivity contribution in [1.82, 2.24) is 9.71 Å². The quantitative estimate of drug-likeness (QED) is 0.477. The second-order valence-electron chi connectivity index (χ2n) is 7.78. The molecule has 0 saturated carbocycles. The summed E-state index contributed by atoms with van der Waals surface area (Å²) >= 11 is 6.42. The zero-order valence-corrected chi connectivity index (χ0v) is 19.8. The van der Waals surface area contributed by atoms with Gasteiger partial charge in [0.05, 0.1) is 24.4 Å². The van der Waals surface area contributed by atoms with Gasteiger partial charge in [-0.2, -0.15) is 0 Å². The molecule has 0 spiro atoms. The number of nitrogens with one attached hydrogen (secondary N) is 1. The molecular weight excluding hydrogens is 440 g/mol. The van der Waals surface area contributed by atoms with Gasteiger partial charge in [-0.1, -0.05) is 50.9 Å². The molecule has 0 atom stereocenters. The second-order valence-corrected chi connectivity index (χ2v) is 10.0. The normalized spacial score (nSPS) is 11.9. The molecule has 0 aliphatic heterocycles. The fraction of sp³-hybridized carbons (Fsp3) is 0.455. The first-order chi connectivity index (χ1) is 14.5. The van der Waals surface area contributed by atoms with E-state index in [-0.39, 0.29) is 24.4 Å². The van der Waals surface area contributed by atoms with E-state index in [1.807, 2.05) is 24.3 Å². The monoisotopic (exact) mass is 468 g/mol. The van der Waals surface area contributed by atoms with E-state index < -0.39 is 15.8 Å². The number of benzene rings is 1. The molecule has 31 heavy (non-hydrogen) atoms. The lowest BCUT2D eigenvalue weighted by atomic mass is 9.79. The third-order valence-corrected chi connectivity index (χ3v) is 5.74. The van der Waals surface area contributed by atoms with Gasteiger partial charge in [0.15, 0.2) is 5.78 Å². The number of ether oxygens (including phenoxy) is 2.